The standard InChI is InChI=1S/C17H28N2O2.ClH/c1-12(2)8-14(4)21-16-9-13(3)6-7-15(16)10-19-17(20)11-18-5;/h6-7,9,12,14,18H,8,10-11H2,1-5H3,(H,19,20);1H. The van der Waals surface area contributed by atoms with Gasteiger partial charge in [0.15, 0.2) is 0 Å². The van der Waals surface area contributed by atoms with Gasteiger partial charge in [0.25, 0.3) is 0 Å². The molecule has 0 aliphatic rings. The Hall–Kier alpha value is -1.26. The number of carbonyl (C=O) groups excluding carboxylic acids is 1. The predicted molar refractivity (Wildman–Crippen MR) is 93.7 cm³/mol. The van der Waals surface area contributed by atoms with Crippen molar-refractivity contribution in [1.82, 2.24) is 10.6 Å². The van der Waals surface area contributed by atoms with E-state index in [-0.39, 0.29) is 24.4 Å². The number of amides is 1. The summed E-state index contributed by atoms with van der Waals surface area (Å²) in [6.45, 7) is 9.33. The van der Waals surface area contributed by atoms with Gasteiger partial charge in [-0.1, -0.05) is 26.0 Å². The van der Waals surface area contributed by atoms with E-state index in [1.165, 1.54) is 0 Å². The zero-order valence-corrected chi connectivity index (χ0v) is 15.0. The molecule has 0 saturated carbocycles. The van der Waals surface area contributed by atoms with E-state index in [1.54, 1.807) is 7.05 Å². The van der Waals surface area contributed by atoms with Crippen molar-refractivity contribution in [3.05, 3.63) is 29.3 Å². The first-order valence-corrected chi connectivity index (χ1v) is 7.59. The summed E-state index contributed by atoms with van der Waals surface area (Å²) in [6.07, 6.45) is 1.18. The Bertz CT molecular complexity index is 464. The first kappa shape index (κ1) is 20.7. The first-order valence-electron chi connectivity index (χ1n) is 7.59. The number of ether oxygens (including phenoxy) is 1. The quantitative estimate of drug-likeness (QED) is 0.771. The van der Waals surface area contributed by atoms with Crippen LogP contribution in [-0.2, 0) is 11.3 Å². The van der Waals surface area contributed by atoms with Crippen LogP contribution >= 0.6 is 12.4 Å². The number of nitrogens with one attached hydrogen (secondary N) is 2. The third-order valence-corrected chi connectivity index (χ3v) is 3.17. The molecule has 126 valence electrons. The molecule has 22 heavy (non-hydrogen) atoms. The van der Waals surface area contributed by atoms with Crippen LogP contribution in [0.2, 0.25) is 0 Å². The smallest absolute Gasteiger partial charge is 0.234 e. The van der Waals surface area contributed by atoms with E-state index >= 15 is 0 Å². The molecule has 0 radical (unpaired) electrons. The zero-order chi connectivity index (χ0) is 15.8. The van der Waals surface area contributed by atoms with Crippen LogP contribution in [0, 0.1) is 12.8 Å². The fourth-order valence-corrected chi connectivity index (χ4v) is 2.26. The molecule has 0 bridgehead atoms. The summed E-state index contributed by atoms with van der Waals surface area (Å²) >= 11 is 0. The minimum Gasteiger partial charge on any atom is -0.490 e. The highest BCUT2D eigenvalue weighted by atomic mass is 35.5. The molecule has 1 unspecified atom stereocenters. The van der Waals surface area contributed by atoms with Crippen LogP contribution in [0.3, 0.4) is 0 Å². The summed E-state index contributed by atoms with van der Waals surface area (Å²) in [5, 5.41) is 5.73. The topological polar surface area (TPSA) is 50.4 Å². The molecule has 1 aromatic carbocycles. The highest BCUT2D eigenvalue weighted by molar-refractivity contribution is 5.85. The van der Waals surface area contributed by atoms with E-state index < -0.39 is 0 Å². The Kier molecular flexibility index (Phi) is 9.86. The molecule has 1 aromatic rings. The van der Waals surface area contributed by atoms with Crippen LogP contribution in [0.15, 0.2) is 18.2 Å². The summed E-state index contributed by atoms with van der Waals surface area (Å²) in [4.78, 5) is 11.5. The van der Waals surface area contributed by atoms with Gasteiger partial charge in [-0.2, -0.15) is 0 Å². The van der Waals surface area contributed by atoms with Gasteiger partial charge in [0.05, 0.1) is 12.6 Å². The summed E-state index contributed by atoms with van der Waals surface area (Å²) in [5.74, 6) is 1.45. The molecule has 0 aliphatic carbocycles. The van der Waals surface area contributed by atoms with Gasteiger partial charge in [0, 0.05) is 12.1 Å². The average molecular weight is 329 g/mol. The Labute approximate surface area is 140 Å². The molecule has 4 nitrogen and oxygen atoms in total. The third kappa shape index (κ3) is 7.66. The number of rotatable bonds is 8. The van der Waals surface area contributed by atoms with Crippen LogP contribution in [-0.4, -0.2) is 25.6 Å². The number of carbonyl (C=O) groups is 1. The Morgan fingerprint density at radius 2 is 1.95 bits per heavy atom. The predicted octanol–water partition coefficient (Wildman–Crippen LogP) is 3.07. The largest absolute Gasteiger partial charge is 0.490 e. The van der Waals surface area contributed by atoms with Crippen LogP contribution in [0.4, 0.5) is 0 Å². The fourth-order valence-electron chi connectivity index (χ4n) is 2.26. The van der Waals surface area contributed by atoms with Gasteiger partial charge < -0.3 is 15.4 Å². The average Bonchev–Trinajstić information content (AvgIpc) is 2.37. The van der Waals surface area contributed by atoms with Gasteiger partial charge in [0.1, 0.15) is 5.75 Å². The third-order valence-electron chi connectivity index (χ3n) is 3.17. The first-order chi connectivity index (χ1) is 9.92. The van der Waals surface area contributed by atoms with Gasteiger partial charge >= 0.3 is 0 Å². The second-order valence-corrected chi connectivity index (χ2v) is 5.98. The van der Waals surface area contributed by atoms with Crippen LogP contribution < -0.4 is 15.4 Å². The molecule has 5 heteroatoms. The number of halogens is 1. The molecular formula is C17H29ClN2O2. The Morgan fingerprint density at radius 3 is 2.55 bits per heavy atom. The van der Waals surface area contributed by atoms with Crippen LogP contribution in [0.25, 0.3) is 0 Å². The summed E-state index contributed by atoms with van der Waals surface area (Å²) in [5.41, 5.74) is 2.17. The maximum Gasteiger partial charge on any atom is 0.234 e. The molecule has 0 fully saturated rings. The second-order valence-electron chi connectivity index (χ2n) is 5.98. The van der Waals surface area contributed by atoms with E-state index in [1.807, 2.05) is 25.1 Å². The molecule has 0 spiro atoms. The van der Waals surface area contributed by atoms with Gasteiger partial charge in [-0.3, -0.25) is 4.79 Å². The lowest BCUT2D eigenvalue weighted by Gasteiger charge is -2.19. The van der Waals surface area contributed by atoms with E-state index in [0.717, 1.165) is 23.3 Å². The number of hydrogen-bond donors (Lipinski definition) is 2. The van der Waals surface area contributed by atoms with Crippen molar-refractivity contribution < 1.29 is 9.53 Å². The molecule has 0 heterocycles. The van der Waals surface area contributed by atoms with Gasteiger partial charge in [-0.15, -0.1) is 12.4 Å². The summed E-state index contributed by atoms with van der Waals surface area (Å²) in [7, 11) is 1.76. The summed E-state index contributed by atoms with van der Waals surface area (Å²) in [6, 6.07) is 6.10. The minimum atomic E-state index is -0.0146. The highest BCUT2D eigenvalue weighted by Crippen LogP contribution is 2.23. The normalized spacial score (nSPS) is 11.7. The fraction of sp³-hybridized carbons (Fsp3) is 0.588. The van der Waals surface area contributed by atoms with E-state index in [4.69, 9.17) is 4.74 Å². The Balaban J connectivity index is 0.00000441. The SMILES string of the molecule is CNCC(=O)NCc1ccc(C)cc1OC(C)CC(C)C.Cl. The molecular weight excluding hydrogens is 300 g/mol. The van der Waals surface area contributed by atoms with Crippen molar-refractivity contribution >= 4 is 18.3 Å². The maximum absolute atomic E-state index is 11.5. The lowest BCUT2D eigenvalue weighted by Crippen LogP contribution is -2.31. The van der Waals surface area contributed by atoms with Crippen molar-refractivity contribution in [3.8, 4) is 5.75 Å². The minimum absolute atomic E-state index is 0. The maximum atomic E-state index is 11.5. The van der Waals surface area contributed by atoms with Crippen LogP contribution in [0.1, 0.15) is 38.3 Å². The molecule has 2 N–H and O–H groups in total. The monoisotopic (exact) mass is 328 g/mol. The van der Waals surface area contributed by atoms with E-state index in [2.05, 4.69) is 31.4 Å². The van der Waals surface area contributed by atoms with Gasteiger partial charge in [-0.25, -0.2) is 0 Å². The number of aryl methyl sites for hydroxylation is 1. The van der Waals surface area contributed by atoms with Crippen molar-refractivity contribution in [2.24, 2.45) is 5.92 Å². The molecule has 1 atom stereocenters. The summed E-state index contributed by atoms with van der Waals surface area (Å²) < 4.78 is 6.06. The van der Waals surface area contributed by atoms with Crippen molar-refractivity contribution in [2.45, 2.75) is 46.8 Å². The Morgan fingerprint density at radius 1 is 1.27 bits per heavy atom. The van der Waals surface area contributed by atoms with E-state index in [9.17, 15) is 4.79 Å². The van der Waals surface area contributed by atoms with Gasteiger partial charge in [-0.05, 0) is 44.9 Å². The molecule has 0 aliphatic heterocycles. The lowest BCUT2D eigenvalue weighted by molar-refractivity contribution is -0.120. The van der Waals surface area contributed by atoms with E-state index in [0.29, 0.717) is 19.0 Å². The van der Waals surface area contributed by atoms with Crippen LogP contribution in [0.5, 0.6) is 5.75 Å². The second kappa shape index (κ2) is 10.5. The van der Waals surface area contributed by atoms with Crippen molar-refractivity contribution in [2.75, 3.05) is 13.6 Å². The number of likely N-dealkylation sites (N-methyl/N-ethyl adjacent to an activating group) is 1. The van der Waals surface area contributed by atoms with Crippen molar-refractivity contribution in [1.29, 1.82) is 0 Å². The zero-order valence-electron chi connectivity index (χ0n) is 14.2. The van der Waals surface area contributed by atoms with Crippen molar-refractivity contribution in [3.63, 3.8) is 0 Å². The number of hydrogen-bond acceptors (Lipinski definition) is 3. The molecule has 1 rings (SSSR count). The molecule has 1 amide bonds. The number of benzene rings is 1. The highest BCUT2D eigenvalue weighted by Gasteiger charge is 2.11. The molecule has 0 saturated heterocycles. The lowest BCUT2D eigenvalue weighted by atomic mass is 10.1. The molecule has 0 aromatic heterocycles. The van der Waals surface area contributed by atoms with Gasteiger partial charge in [0.2, 0.25) is 5.91 Å².